The summed E-state index contributed by atoms with van der Waals surface area (Å²) < 4.78 is 6.01. The van der Waals surface area contributed by atoms with Crippen molar-refractivity contribution in [3.63, 3.8) is 0 Å². The van der Waals surface area contributed by atoms with E-state index >= 15 is 0 Å². The summed E-state index contributed by atoms with van der Waals surface area (Å²) >= 11 is 0. The second kappa shape index (κ2) is 8.65. The quantitative estimate of drug-likeness (QED) is 0.561. The largest absolute Gasteiger partial charge is 0.420 e. The Hall–Kier alpha value is -4.01. The Kier molecular flexibility index (Phi) is 5.62. The Bertz CT molecular complexity index is 1310. The highest BCUT2D eigenvalue weighted by Crippen LogP contribution is 2.31. The summed E-state index contributed by atoms with van der Waals surface area (Å²) in [6.07, 6.45) is 1.48. The molecule has 2 aromatic carbocycles. The number of amides is 4. The maximum Gasteiger partial charge on any atom is 0.322 e. The zero-order valence-corrected chi connectivity index (χ0v) is 19.9. The van der Waals surface area contributed by atoms with E-state index in [0.717, 1.165) is 24.0 Å². The topological polar surface area (TPSA) is 117 Å². The van der Waals surface area contributed by atoms with Crippen LogP contribution in [0.2, 0.25) is 0 Å². The Morgan fingerprint density at radius 2 is 1.77 bits per heavy atom. The molecule has 4 amide bonds. The molecule has 1 aromatic heterocycles. The Balaban J connectivity index is 1.22. The number of likely N-dealkylation sites (tertiary alicyclic amines) is 1. The van der Waals surface area contributed by atoms with E-state index in [9.17, 15) is 14.4 Å². The minimum Gasteiger partial charge on any atom is -0.420 e. The zero-order chi connectivity index (χ0) is 24.7. The highest BCUT2D eigenvalue weighted by atomic mass is 16.4. The summed E-state index contributed by atoms with van der Waals surface area (Å²) in [5.41, 5.74) is 3.23. The third-order valence-corrected chi connectivity index (χ3v) is 6.94. The van der Waals surface area contributed by atoms with Crippen molar-refractivity contribution < 1.29 is 18.8 Å². The molecule has 0 radical (unpaired) electrons. The molecule has 1 atom stereocenters. The Labute approximate surface area is 202 Å². The van der Waals surface area contributed by atoms with Gasteiger partial charge in [0.2, 0.25) is 11.8 Å². The maximum atomic E-state index is 13.1. The van der Waals surface area contributed by atoms with Crippen LogP contribution < -0.4 is 10.6 Å². The van der Waals surface area contributed by atoms with Crippen LogP contribution in [0, 0.1) is 13.8 Å². The van der Waals surface area contributed by atoms with Crippen LogP contribution in [0.5, 0.6) is 0 Å². The number of carbonyl (C=O) groups excluding carboxylic acids is 3. The van der Waals surface area contributed by atoms with E-state index in [2.05, 4.69) is 26.9 Å². The van der Waals surface area contributed by atoms with Gasteiger partial charge >= 0.3 is 6.03 Å². The van der Waals surface area contributed by atoms with Crippen molar-refractivity contribution in [1.29, 1.82) is 0 Å². The number of nitrogens with one attached hydrogen (secondary N) is 2. The molecule has 2 saturated heterocycles. The monoisotopic (exact) mass is 473 g/mol. The fourth-order valence-electron chi connectivity index (χ4n) is 4.77. The number of urea groups is 1. The van der Waals surface area contributed by atoms with Gasteiger partial charge in [-0.3, -0.25) is 14.9 Å². The Morgan fingerprint density at radius 3 is 2.40 bits per heavy atom. The molecule has 35 heavy (non-hydrogen) atoms. The zero-order valence-electron chi connectivity index (χ0n) is 19.9. The van der Waals surface area contributed by atoms with Crippen molar-refractivity contribution in [3.05, 3.63) is 70.6 Å². The first kappa shape index (κ1) is 22.8. The fourth-order valence-corrected chi connectivity index (χ4v) is 4.77. The second-order valence-electron chi connectivity index (χ2n) is 9.44. The standard InChI is InChI=1S/C26H27N5O4/c1-15-4-9-20(16(2)14-15)22-30-29-21(35-22)17-10-12-31(13-11-17)23(32)18-5-7-19(8-6-18)26(3)24(33)27-25(34)28-26/h4-9,14,17H,10-13H2,1-3H3,(H2,27,28,33,34). The third kappa shape index (κ3) is 4.18. The average Bonchev–Trinajstić information content (AvgIpc) is 3.43. The van der Waals surface area contributed by atoms with Gasteiger partial charge in [0.1, 0.15) is 5.54 Å². The lowest BCUT2D eigenvalue weighted by molar-refractivity contribution is -0.123. The fraction of sp³-hybridized carbons (Fsp3) is 0.346. The molecule has 2 aliphatic heterocycles. The first-order valence-corrected chi connectivity index (χ1v) is 11.7. The molecule has 180 valence electrons. The van der Waals surface area contributed by atoms with E-state index in [1.165, 1.54) is 5.56 Å². The lowest BCUT2D eigenvalue weighted by Gasteiger charge is -2.30. The highest BCUT2D eigenvalue weighted by molar-refractivity contribution is 6.07. The minimum atomic E-state index is -1.14. The number of nitrogens with zero attached hydrogens (tertiary/aromatic N) is 3. The molecule has 0 saturated carbocycles. The van der Waals surface area contributed by atoms with E-state index in [1.807, 2.05) is 30.9 Å². The molecule has 5 rings (SSSR count). The third-order valence-electron chi connectivity index (χ3n) is 6.94. The van der Waals surface area contributed by atoms with E-state index < -0.39 is 17.5 Å². The summed E-state index contributed by atoms with van der Waals surface area (Å²) in [5.74, 6) is 0.767. The number of benzene rings is 2. The SMILES string of the molecule is Cc1ccc(-c2nnc(C3CCN(C(=O)c4ccc(C5(C)NC(=O)NC5=O)cc4)CC3)o2)c(C)c1. The number of carbonyl (C=O) groups is 3. The molecular weight excluding hydrogens is 446 g/mol. The lowest BCUT2D eigenvalue weighted by Crippen LogP contribution is -2.40. The van der Waals surface area contributed by atoms with Crippen LogP contribution in [-0.2, 0) is 10.3 Å². The molecule has 2 N–H and O–H groups in total. The molecule has 0 aliphatic carbocycles. The summed E-state index contributed by atoms with van der Waals surface area (Å²) in [6, 6.07) is 12.4. The van der Waals surface area contributed by atoms with Crippen LogP contribution in [0.1, 0.15) is 58.6 Å². The van der Waals surface area contributed by atoms with E-state index in [-0.39, 0.29) is 11.8 Å². The van der Waals surface area contributed by atoms with Gasteiger partial charge in [0.25, 0.3) is 11.8 Å². The van der Waals surface area contributed by atoms with Crippen LogP contribution in [0.15, 0.2) is 46.9 Å². The van der Waals surface area contributed by atoms with E-state index in [0.29, 0.717) is 36.0 Å². The summed E-state index contributed by atoms with van der Waals surface area (Å²) in [5, 5.41) is 13.4. The van der Waals surface area contributed by atoms with Crippen molar-refractivity contribution in [2.45, 2.75) is 45.1 Å². The van der Waals surface area contributed by atoms with Gasteiger partial charge in [-0.15, -0.1) is 10.2 Å². The van der Waals surface area contributed by atoms with Gasteiger partial charge in [0, 0.05) is 30.1 Å². The normalized spacial score (nSPS) is 20.6. The van der Waals surface area contributed by atoms with Crippen LogP contribution >= 0.6 is 0 Å². The van der Waals surface area contributed by atoms with Gasteiger partial charge in [0.15, 0.2) is 0 Å². The molecule has 2 fully saturated rings. The van der Waals surface area contributed by atoms with Crippen molar-refractivity contribution in [1.82, 2.24) is 25.7 Å². The Morgan fingerprint density at radius 1 is 1.06 bits per heavy atom. The first-order valence-electron chi connectivity index (χ1n) is 11.7. The van der Waals surface area contributed by atoms with Gasteiger partial charge in [-0.2, -0.15) is 0 Å². The molecule has 2 aliphatic rings. The van der Waals surface area contributed by atoms with Gasteiger partial charge in [-0.1, -0.05) is 29.8 Å². The number of piperidine rings is 1. The van der Waals surface area contributed by atoms with Crippen molar-refractivity contribution in [3.8, 4) is 11.5 Å². The molecule has 9 heteroatoms. The molecule has 0 bridgehead atoms. The predicted molar refractivity (Wildman–Crippen MR) is 128 cm³/mol. The van der Waals surface area contributed by atoms with Crippen LogP contribution in [-0.4, -0.2) is 46.0 Å². The number of aryl methyl sites for hydroxylation is 2. The van der Waals surface area contributed by atoms with Gasteiger partial charge < -0.3 is 14.6 Å². The van der Waals surface area contributed by atoms with E-state index in [4.69, 9.17) is 4.42 Å². The predicted octanol–water partition coefficient (Wildman–Crippen LogP) is 3.43. The number of rotatable bonds is 4. The van der Waals surface area contributed by atoms with Crippen LogP contribution in [0.3, 0.4) is 0 Å². The van der Waals surface area contributed by atoms with Crippen LogP contribution in [0.4, 0.5) is 4.79 Å². The molecule has 3 heterocycles. The summed E-state index contributed by atoms with van der Waals surface area (Å²) in [6.45, 7) is 6.89. The van der Waals surface area contributed by atoms with Gasteiger partial charge in [-0.05, 0) is 62.9 Å². The molecule has 9 nitrogen and oxygen atoms in total. The van der Waals surface area contributed by atoms with Crippen molar-refractivity contribution >= 4 is 17.8 Å². The number of hydrogen-bond donors (Lipinski definition) is 2. The smallest absolute Gasteiger partial charge is 0.322 e. The molecule has 1 unspecified atom stereocenters. The van der Waals surface area contributed by atoms with Crippen LogP contribution in [0.25, 0.3) is 11.5 Å². The summed E-state index contributed by atoms with van der Waals surface area (Å²) in [7, 11) is 0. The number of hydrogen-bond acceptors (Lipinski definition) is 6. The summed E-state index contributed by atoms with van der Waals surface area (Å²) in [4.78, 5) is 38.6. The second-order valence-corrected chi connectivity index (χ2v) is 9.44. The lowest BCUT2D eigenvalue weighted by atomic mass is 9.91. The molecule has 0 spiro atoms. The molecular formula is C26H27N5O4. The minimum absolute atomic E-state index is 0.0680. The van der Waals surface area contributed by atoms with E-state index in [1.54, 1.807) is 31.2 Å². The van der Waals surface area contributed by atoms with Gasteiger partial charge in [0.05, 0.1) is 0 Å². The number of imide groups is 1. The first-order chi connectivity index (χ1) is 16.7. The average molecular weight is 474 g/mol. The van der Waals surface area contributed by atoms with Crippen molar-refractivity contribution in [2.24, 2.45) is 0 Å². The highest BCUT2D eigenvalue weighted by Gasteiger charge is 2.43. The molecule has 3 aromatic rings. The van der Waals surface area contributed by atoms with Gasteiger partial charge in [-0.25, -0.2) is 4.79 Å². The maximum absolute atomic E-state index is 13.1. The number of aromatic nitrogens is 2. The van der Waals surface area contributed by atoms with Crippen molar-refractivity contribution in [2.75, 3.05) is 13.1 Å².